The Morgan fingerprint density at radius 2 is 1.45 bits per heavy atom. The standard InChI is InChI=1S/C23H14F3NO6/c1-2-33-23(32)9-4-3-5-10(8-9)27-20-18(25)16-15(17(24)19(20)26)21(30)13-11(28)6-7-12(29)14(13)22(16)31/h3-8,27-29H,2H2,1H3. The Labute approximate surface area is 184 Å². The molecule has 1 aliphatic carbocycles. The van der Waals surface area contributed by atoms with Gasteiger partial charge in [0.05, 0.1) is 34.4 Å². The number of nitrogens with one attached hydrogen (secondary N) is 1. The molecule has 0 radical (unpaired) electrons. The summed E-state index contributed by atoms with van der Waals surface area (Å²) in [5.41, 5.74) is -4.86. The molecule has 0 fully saturated rings. The number of carbonyl (C=O) groups excluding carboxylic acids is 3. The molecule has 0 amide bonds. The molecule has 3 aromatic rings. The molecule has 168 valence electrons. The number of benzene rings is 3. The van der Waals surface area contributed by atoms with E-state index in [-0.39, 0.29) is 17.9 Å². The topological polar surface area (TPSA) is 113 Å². The molecule has 0 aliphatic heterocycles. The van der Waals surface area contributed by atoms with Gasteiger partial charge in [-0.2, -0.15) is 0 Å². The highest BCUT2D eigenvalue weighted by Gasteiger charge is 2.41. The Kier molecular flexibility index (Phi) is 5.28. The van der Waals surface area contributed by atoms with Crippen LogP contribution in [0.3, 0.4) is 0 Å². The summed E-state index contributed by atoms with van der Waals surface area (Å²) in [7, 11) is 0. The van der Waals surface area contributed by atoms with Crippen molar-refractivity contribution in [2.45, 2.75) is 6.92 Å². The van der Waals surface area contributed by atoms with Crippen molar-refractivity contribution >= 4 is 28.9 Å². The number of hydrogen-bond acceptors (Lipinski definition) is 7. The summed E-state index contributed by atoms with van der Waals surface area (Å²) in [5.74, 6) is -10.1. The van der Waals surface area contributed by atoms with Gasteiger partial charge in [0, 0.05) is 5.69 Å². The lowest BCUT2D eigenvalue weighted by Crippen LogP contribution is -2.26. The van der Waals surface area contributed by atoms with Gasteiger partial charge in [-0.05, 0) is 37.3 Å². The van der Waals surface area contributed by atoms with Crippen LogP contribution in [0.25, 0.3) is 0 Å². The van der Waals surface area contributed by atoms with E-state index in [1.807, 2.05) is 0 Å². The van der Waals surface area contributed by atoms with E-state index in [4.69, 9.17) is 4.74 Å². The highest BCUT2D eigenvalue weighted by Crippen LogP contribution is 2.42. The minimum atomic E-state index is -1.82. The number of anilines is 2. The summed E-state index contributed by atoms with van der Waals surface area (Å²) in [4.78, 5) is 37.5. The Hall–Kier alpha value is -4.34. The van der Waals surface area contributed by atoms with E-state index in [1.165, 1.54) is 24.3 Å². The molecular weight excluding hydrogens is 443 g/mol. The fraction of sp³-hybridized carbons (Fsp3) is 0.0870. The molecule has 0 aromatic heterocycles. The number of aromatic hydroxyl groups is 2. The van der Waals surface area contributed by atoms with Crippen LogP contribution in [0.4, 0.5) is 24.5 Å². The smallest absolute Gasteiger partial charge is 0.338 e. The number of fused-ring (bicyclic) bond motifs is 2. The Morgan fingerprint density at radius 3 is 2.03 bits per heavy atom. The van der Waals surface area contributed by atoms with Gasteiger partial charge in [-0.1, -0.05) is 6.07 Å². The Morgan fingerprint density at radius 1 is 0.879 bits per heavy atom. The SMILES string of the molecule is CCOC(=O)c1cccc(Nc2c(F)c(F)c3c(c2F)C(=O)c2c(O)ccc(O)c2C3=O)c1. The molecule has 10 heteroatoms. The first-order valence-corrected chi connectivity index (χ1v) is 9.56. The summed E-state index contributed by atoms with van der Waals surface area (Å²) >= 11 is 0. The molecule has 0 saturated heterocycles. The molecule has 0 bridgehead atoms. The van der Waals surface area contributed by atoms with Crippen LogP contribution in [-0.2, 0) is 4.74 Å². The van der Waals surface area contributed by atoms with Crippen molar-refractivity contribution in [2.75, 3.05) is 11.9 Å². The first-order chi connectivity index (χ1) is 15.7. The lowest BCUT2D eigenvalue weighted by molar-refractivity contribution is 0.0526. The molecule has 0 spiro atoms. The zero-order valence-electron chi connectivity index (χ0n) is 16.8. The van der Waals surface area contributed by atoms with Crippen LogP contribution in [0, 0.1) is 17.5 Å². The van der Waals surface area contributed by atoms with E-state index >= 15 is 4.39 Å². The largest absolute Gasteiger partial charge is 0.507 e. The van der Waals surface area contributed by atoms with Crippen molar-refractivity contribution in [2.24, 2.45) is 0 Å². The zero-order valence-corrected chi connectivity index (χ0v) is 16.8. The highest BCUT2D eigenvalue weighted by atomic mass is 19.2. The molecule has 3 N–H and O–H groups in total. The molecule has 0 atom stereocenters. The van der Waals surface area contributed by atoms with Crippen LogP contribution in [-0.4, -0.2) is 34.4 Å². The van der Waals surface area contributed by atoms with E-state index in [1.54, 1.807) is 6.92 Å². The summed E-state index contributed by atoms with van der Waals surface area (Å²) in [6, 6.07) is 7.08. The average Bonchev–Trinajstić information content (AvgIpc) is 2.79. The van der Waals surface area contributed by atoms with Gasteiger partial charge < -0.3 is 20.3 Å². The molecule has 3 aromatic carbocycles. The van der Waals surface area contributed by atoms with Crippen molar-refractivity contribution in [1.82, 2.24) is 0 Å². The summed E-state index contributed by atoms with van der Waals surface area (Å²) in [5, 5.41) is 22.2. The van der Waals surface area contributed by atoms with Gasteiger partial charge in [0.15, 0.2) is 17.5 Å². The third kappa shape index (κ3) is 3.36. The number of ether oxygens (including phenoxy) is 1. The molecule has 7 nitrogen and oxygen atoms in total. The van der Waals surface area contributed by atoms with E-state index in [0.717, 1.165) is 12.1 Å². The number of phenols is 2. The van der Waals surface area contributed by atoms with Crippen LogP contribution in [0.5, 0.6) is 11.5 Å². The zero-order chi connectivity index (χ0) is 24.0. The second kappa shape index (κ2) is 7.97. The number of phenolic OH excluding ortho intramolecular Hbond substituents is 2. The second-order valence-electron chi connectivity index (χ2n) is 7.01. The predicted octanol–water partition coefficient (Wildman–Crippen LogP) is 4.21. The molecular formula is C23H14F3NO6. The maximum atomic E-state index is 15.3. The Balaban J connectivity index is 1.87. The van der Waals surface area contributed by atoms with Crippen LogP contribution >= 0.6 is 0 Å². The molecule has 4 rings (SSSR count). The van der Waals surface area contributed by atoms with Gasteiger partial charge in [-0.25, -0.2) is 18.0 Å². The molecule has 0 heterocycles. The summed E-state index contributed by atoms with van der Waals surface area (Å²) < 4.78 is 49.9. The molecule has 1 aliphatic rings. The summed E-state index contributed by atoms with van der Waals surface area (Å²) in [6.45, 7) is 1.68. The minimum absolute atomic E-state index is 0.0341. The number of hydrogen-bond donors (Lipinski definition) is 3. The monoisotopic (exact) mass is 457 g/mol. The van der Waals surface area contributed by atoms with E-state index in [9.17, 15) is 33.4 Å². The van der Waals surface area contributed by atoms with Crippen LogP contribution in [0.15, 0.2) is 36.4 Å². The van der Waals surface area contributed by atoms with E-state index in [0.29, 0.717) is 0 Å². The van der Waals surface area contributed by atoms with Crippen molar-refractivity contribution in [3.05, 3.63) is 81.7 Å². The van der Waals surface area contributed by atoms with Gasteiger partial charge in [-0.15, -0.1) is 0 Å². The third-order valence-electron chi connectivity index (χ3n) is 5.03. The number of esters is 1. The van der Waals surface area contributed by atoms with Gasteiger partial charge in [0.1, 0.15) is 17.2 Å². The van der Waals surface area contributed by atoms with Crippen LogP contribution in [0.1, 0.15) is 49.1 Å². The van der Waals surface area contributed by atoms with Crippen molar-refractivity contribution in [3.8, 4) is 11.5 Å². The first-order valence-electron chi connectivity index (χ1n) is 9.56. The third-order valence-corrected chi connectivity index (χ3v) is 5.03. The lowest BCUT2D eigenvalue weighted by Gasteiger charge is -2.22. The second-order valence-corrected chi connectivity index (χ2v) is 7.01. The summed E-state index contributed by atoms with van der Waals surface area (Å²) in [6.07, 6.45) is 0. The van der Waals surface area contributed by atoms with Crippen LogP contribution in [0.2, 0.25) is 0 Å². The lowest BCUT2D eigenvalue weighted by atomic mass is 9.82. The number of rotatable bonds is 4. The van der Waals surface area contributed by atoms with E-state index < -0.39 is 74.4 Å². The van der Waals surface area contributed by atoms with Gasteiger partial charge >= 0.3 is 5.97 Å². The van der Waals surface area contributed by atoms with Crippen LogP contribution < -0.4 is 5.32 Å². The van der Waals surface area contributed by atoms with Gasteiger partial charge in [-0.3, -0.25) is 9.59 Å². The number of halogens is 3. The first kappa shape index (κ1) is 21.9. The van der Waals surface area contributed by atoms with Crippen molar-refractivity contribution < 1.29 is 42.5 Å². The highest BCUT2D eigenvalue weighted by molar-refractivity contribution is 6.30. The average molecular weight is 457 g/mol. The van der Waals surface area contributed by atoms with E-state index in [2.05, 4.69) is 5.32 Å². The fourth-order valence-electron chi connectivity index (χ4n) is 3.57. The minimum Gasteiger partial charge on any atom is -0.507 e. The predicted molar refractivity (Wildman–Crippen MR) is 109 cm³/mol. The molecule has 0 unspecified atom stereocenters. The van der Waals surface area contributed by atoms with Gasteiger partial charge in [0.25, 0.3) is 0 Å². The quantitative estimate of drug-likeness (QED) is 0.239. The van der Waals surface area contributed by atoms with Crippen molar-refractivity contribution in [1.29, 1.82) is 0 Å². The van der Waals surface area contributed by atoms with Gasteiger partial charge in [0.2, 0.25) is 11.6 Å². The van der Waals surface area contributed by atoms with Crippen molar-refractivity contribution in [3.63, 3.8) is 0 Å². The number of ketones is 2. The maximum Gasteiger partial charge on any atom is 0.338 e. The molecule has 0 saturated carbocycles. The fourth-order valence-corrected chi connectivity index (χ4v) is 3.57. The number of carbonyl (C=O) groups is 3. The maximum absolute atomic E-state index is 15.3. The Bertz CT molecular complexity index is 1370. The molecule has 33 heavy (non-hydrogen) atoms. The normalized spacial score (nSPS) is 12.2.